The molecule has 0 spiro atoms. The number of carbonyl (C=O) groups is 7. The van der Waals surface area contributed by atoms with Crippen LogP contribution in [0.5, 0.6) is 0 Å². The quantitative estimate of drug-likeness (QED) is 0.0450. The van der Waals surface area contributed by atoms with E-state index in [9.17, 15) is 39.0 Å². The normalized spacial score (nSPS) is 14.6. The molecule has 0 radical (unpaired) electrons. The Bertz CT molecular complexity index is 1090. The molecule has 0 saturated carbocycles. The summed E-state index contributed by atoms with van der Waals surface area (Å²) in [7, 11) is 0. The molecular formula is C32H61N7O10S. The summed E-state index contributed by atoms with van der Waals surface area (Å²) in [4.78, 5) is 85.8. The molecule has 0 aliphatic carbocycles. The lowest BCUT2D eigenvalue weighted by Gasteiger charge is -2.27. The van der Waals surface area contributed by atoms with Crippen molar-refractivity contribution < 1.29 is 48.9 Å². The van der Waals surface area contributed by atoms with E-state index in [1.165, 1.54) is 0 Å². The highest BCUT2D eigenvalue weighted by molar-refractivity contribution is 7.80. The zero-order valence-corrected chi connectivity index (χ0v) is 31.3. The Hall–Kier alpha value is -3.48. The van der Waals surface area contributed by atoms with Crippen LogP contribution in [0.15, 0.2) is 0 Å². The van der Waals surface area contributed by atoms with Gasteiger partial charge in [-0.2, -0.15) is 12.6 Å². The van der Waals surface area contributed by atoms with E-state index >= 15 is 0 Å². The first kappa shape index (κ1) is 48.6. The van der Waals surface area contributed by atoms with Gasteiger partial charge in [0.15, 0.2) is 0 Å². The lowest BCUT2D eigenvalue weighted by atomic mass is 10.0. The topological polar surface area (TPSA) is 292 Å². The second kappa shape index (κ2) is 26.3. The highest BCUT2D eigenvalue weighted by Gasteiger charge is 2.33. The zero-order valence-electron chi connectivity index (χ0n) is 30.4. The van der Waals surface area contributed by atoms with E-state index in [0.29, 0.717) is 25.8 Å². The Balaban J connectivity index is 0. The maximum absolute atomic E-state index is 13.5. The van der Waals surface area contributed by atoms with Gasteiger partial charge in [0.1, 0.15) is 30.2 Å². The summed E-state index contributed by atoms with van der Waals surface area (Å²) in [6, 6.07) is -6.88. The summed E-state index contributed by atoms with van der Waals surface area (Å²) < 4.78 is 0. The van der Waals surface area contributed by atoms with Crippen LogP contribution in [0.3, 0.4) is 0 Å². The molecule has 0 aromatic heterocycles. The number of carboxylic acid groups (broad SMARTS) is 2. The predicted octanol–water partition coefficient (Wildman–Crippen LogP) is -0.897. The zero-order chi connectivity index (χ0) is 39.1. The van der Waals surface area contributed by atoms with Crippen LogP contribution in [0, 0.1) is 17.8 Å². The second-order valence-electron chi connectivity index (χ2n) is 13.3. The second-order valence-corrected chi connectivity index (χ2v) is 13.7. The SMILES string of the molecule is CC(=O)O.CC(C)CC(N)C(=O)NC(CS)C(=O)NC(CCCCN)C(=O)NC(CC(C)C)C(=O)NC(CO)C(=O)NC(CC(C)C)C(=O)O. The minimum atomic E-state index is -1.48. The van der Waals surface area contributed by atoms with Gasteiger partial charge in [-0.05, 0) is 62.8 Å². The minimum Gasteiger partial charge on any atom is -0.481 e. The molecule has 0 aromatic carbocycles. The summed E-state index contributed by atoms with van der Waals surface area (Å²) in [5, 5.41) is 39.3. The molecule has 0 aromatic rings. The van der Waals surface area contributed by atoms with Crippen LogP contribution in [-0.2, 0) is 33.6 Å². The fourth-order valence-electron chi connectivity index (χ4n) is 4.53. The first-order valence-corrected chi connectivity index (χ1v) is 17.4. The third-order valence-electron chi connectivity index (χ3n) is 6.93. The smallest absolute Gasteiger partial charge is 0.326 e. The van der Waals surface area contributed by atoms with E-state index in [2.05, 4.69) is 39.2 Å². The monoisotopic (exact) mass is 735 g/mol. The summed E-state index contributed by atoms with van der Waals surface area (Å²) >= 11 is 4.18. The molecule has 0 heterocycles. The predicted molar refractivity (Wildman–Crippen MR) is 191 cm³/mol. The molecule has 50 heavy (non-hydrogen) atoms. The molecule has 17 nitrogen and oxygen atoms in total. The van der Waals surface area contributed by atoms with E-state index in [0.717, 1.165) is 6.92 Å². The van der Waals surface area contributed by atoms with Crippen molar-refractivity contribution >= 4 is 54.1 Å². The van der Waals surface area contributed by atoms with Crippen LogP contribution in [-0.4, -0.2) is 112 Å². The van der Waals surface area contributed by atoms with Gasteiger partial charge in [0.05, 0.1) is 12.6 Å². The molecule has 0 saturated heterocycles. The Morgan fingerprint density at radius 1 is 0.600 bits per heavy atom. The van der Waals surface area contributed by atoms with E-state index < -0.39 is 84.3 Å². The molecule has 12 N–H and O–H groups in total. The number of carboxylic acids is 2. The summed E-state index contributed by atoms with van der Waals surface area (Å²) in [6.07, 6.45) is 1.91. The first-order chi connectivity index (χ1) is 23.2. The lowest BCUT2D eigenvalue weighted by molar-refractivity contribution is -0.143. The third kappa shape index (κ3) is 22.3. The van der Waals surface area contributed by atoms with Gasteiger partial charge in [-0.25, -0.2) is 4.79 Å². The number of amides is 5. The number of nitrogens with one attached hydrogen (secondary N) is 5. The average Bonchev–Trinajstić information content (AvgIpc) is 2.99. The molecule has 0 aliphatic rings. The molecule has 6 unspecified atom stereocenters. The van der Waals surface area contributed by atoms with Gasteiger partial charge in [0.2, 0.25) is 29.5 Å². The van der Waals surface area contributed by atoms with Crippen LogP contribution < -0.4 is 38.1 Å². The highest BCUT2D eigenvalue weighted by Crippen LogP contribution is 2.10. The Morgan fingerprint density at radius 2 is 0.980 bits per heavy atom. The third-order valence-corrected chi connectivity index (χ3v) is 7.30. The molecule has 0 bridgehead atoms. The number of rotatable bonds is 23. The summed E-state index contributed by atoms with van der Waals surface area (Å²) in [6.45, 7) is 11.7. The Morgan fingerprint density at radius 3 is 1.42 bits per heavy atom. The van der Waals surface area contributed by atoms with E-state index in [1.807, 2.05) is 27.7 Å². The van der Waals surface area contributed by atoms with E-state index in [-0.39, 0.29) is 42.8 Å². The van der Waals surface area contributed by atoms with Crippen molar-refractivity contribution in [2.75, 3.05) is 18.9 Å². The van der Waals surface area contributed by atoms with Gasteiger partial charge in [0.25, 0.3) is 5.97 Å². The molecule has 0 rings (SSSR count). The maximum atomic E-state index is 13.5. The Kier molecular flexibility index (Phi) is 25.6. The van der Waals surface area contributed by atoms with Crippen molar-refractivity contribution in [2.24, 2.45) is 29.2 Å². The minimum absolute atomic E-state index is 0.0470. The number of aliphatic carboxylic acids is 2. The number of hydrogen-bond acceptors (Lipinski definition) is 11. The fraction of sp³-hybridized carbons (Fsp3) is 0.781. The Labute approximate surface area is 300 Å². The van der Waals surface area contributed by atoms with Crippen molar-refractivity contribution in [3.63, 3.8) is 0 Å². The van der Waals surface area contributed by atoms with Crippen LogP contribution in [0.4, 0.5) is 0 Å². The van der Waals surface area contributed by atoms with Gasteiger partial charge in [-0.3, -0.25) is 28.8 Å². The number of thiol groups is 1. The van der Waals surface area contributed by atoms with Crippen LogP contribution in [0.2, 0.25) is 0 Å². The van der Waals surface area contributed by atoms with Gasteiger partial charge in [-0.1, -0.05) is 41.5 Å². The van der Waals surface area contributed by atoms with Crippen LogP contribution >= 0.6 is 12.6 Å². The van der Waals surface area contributed by atoms with Gasteiger partial charge < -0.3 is 53.4 Å². The molecule has 290 valence electrons. The van der Waals surface area contributed by atoms with Crippen molar-refractivity contribution in [1.82, 2.24) is 26.6 Å². The molecule has 0 fully saturated rings. The number of aliphatic hydroxyl groups is 1. The van der Waals surface area contributed by atoms with Crippen molar-refractivity contribution in [3.05, 3.63) is 0 Å². The van der Waals surface area contributed by atoms with Gasteiger partial charge in [0, 0.05) is 12.7 Å². The van der Waals surface area contributed by atoms with E-state index in [1.54, 1.807) is 13.8 Å². The standard InChI is InChI=1S/C30H57N7O8S.C2H4O2/c1-16(2)11-19(32)25(39)37-24(15-46)29(43)33-20(9-7-8-10-31)26(40)34-21(12-17(3)4)27(41)36-23(14-38)28(42)35-22(30(44)45)13-18(5)6;1-2(3)4/h16-24,38,46H,7-15,31-32H2,1-6H3,(H,33,43)(H,34,40)(H,35,42)(H,36,41)(H,37,39)(H,44,45);1H3,(H,3,4). The number of hydrogen-bond donors (Lipinski definition) is 11. The lowest BCUT2D eigenvalue weighted by Crippen LogP contribution is -2.60. The largest absolute Gasteiger partial charge is 0.481 e. The summed E-state index contributed by atoms with van der Waals surface area (Å²) in [5.41, 5.74) is 11.6. The van der Waals surface area contributed by atoms with Gasteiger partial charge in [-0.15, -0.1) is 0 Å². The molecule has 18 heteroatoms. The molecule has 5 amide bonds. The highest BCUT2D eigenvalue weighted by atomic mass is 32.1. The van der Waals surface area contributed by atoms with E-state index in [4.69, 9.17) is 21.4 Å². The molecule has 0 aliphatic heterocycles. The van der Waals surface area contributed by atoms with Crippen LogP contribution in [0.25, 0.3) is 0 Å². The van der Waals surface area contributed by atoms with Crippen molar-refractivity contribution in [1.29, 1.82) is 0 Å². The first-order valence-electron chi connectivity index (χ1n) is 16.8. The maximum Gasteiger partial charge on any atom is 0.326 e. The van der Waals surface area contributed by atoms with Gasteiger partial charge >= 0.3 is 5.97 Å². The molecular weight excluding hydrogens is 674 g/mol. The number of unbranched alkanes of at least 4 members (excludes halogenated alkanes) is 1. The molecule has 6 atom stereocenters. The van der Waals surface area contributed by atoms with Crippen molar-refractivity contribution in [2.45, 2.75) is 123 Å². The van der Waals surface area contributed by atoms with Crippen molar-refractivity contribution in [3.8, 4) is 0 Å². The van der Waals surface area contributed by atoms with Crippen LogP contribution in [0.1, 0.15) is 87.0 Å². The number of carbonyl (C=O) groups excluding carboxylic acids is 5. The number of nitrogens with two attached hydrogens (primary N) is 2. The average molecular weight is 736 g/mol. The summed E-state index contributed by atoms with van der Waals surface area (Å²) in [5.74, 6) is -5.67. The number of aliphatic hydroxyl groups excluding tert-OH is 1. The fourth-order valence-corrected chi connectivity index (χ4v) is 4.79.